The van der Waals surface area contributed by atoms with Crippen LogP contribution in [-0.4, -0.2) is 23.1 Å². The van der Waals surface area contributed by atoms with Gasteiger partial charge in [-0.15, -0.1) is 0 Å². The van der Waals surface area contributed by atoms with Crippen molar-refractivity contribution in [1.82, 2.24) is 0 Å². The van der Waals surface area contributed by atoms with E-state index < -0.39 is 11.9 Å². The van der Waals surface area contributed by atoms with Crippen molar-refractivity contribution in [3.05, 3.63) is 59.1 Å². The number of carbonyl (C=O) groups excluding carboxylic acids is 2. The van der Waals surface area contributed by atoms with Gasteiger partial charge in [0.15, 0.2) is 0 Å². The normalized spacial score (nSPS) is 17.7. The molecule has 2 amide bonds. The Kier molecular flexibility index (Phi) is 4.07. The SMILES string of the molecule is Cc1c(Cl)cccc1N1C(=O)C[C@@H](N(O)c2ccccc2)C1=O. The highest BCUT2D eigenvalue weighted by Crippen LogP contribution is 2.32. The summed E-state index contributed by atoms with van der Waals surface area (Å²) in [5.41, 5.74) is 1.57. The molecule has 2 aromatic rings. The topological polar surface area (TPSA) is 60.9 Å². The number of amides is 2. The molecule has 0 aromatic heterocycles. The summed E-state index contributed by atoms with van der Waals surface area (Å²) in [7, 11) is 0. The van der Waals surface area contributed by atoms with Gasteiger partial charge in [-0.2, -0.15) is 0 Å². The summed E-state index contributed by atoms with van der Waals surface area (Å²) in [6.45, 7) is 1.75. The molecular weight excluding hydrogens is 316 g/mol. The van der Waals surface area contributed by atoms with E-state index in [-0.39, 0.29) is 12.3 Å². The Bertz CT molecular complexity index is 764. The van der Waals surface area contributed by atoms with Crippen molar-refractivity contribution in [2.24, 2.45) is 0 Å². The van der Waals surface area contributed by atoms with E-state index in [0.717, 1.165) is 9.96 Å². The summed E-state index contributed by atoms with van der Waals surface area (Å²) in [4.78, 5) is 26.1. The fraction of sp³-hybridized carbons (Fsp3) is 0.176. The van der Waals surface area contributed by atoms with E-state index >= 15 is 0 Å². The fourth-order valence-corrected chi connectivity index (χ4v) is 2.83. The minimum atomic E-state index is -0.941. The zero-order valence-electron chi connectivity index (χ0n) is 12.4. The first-order valence-corrected chi connectivity index (χ1v) is 7.53. The smallest absolute Gasteiger partial charge is 0.259 e. The molecule has 2 aromatic carbocycles. The molecule has 118 valence electrons. The van der Waals surface area contributed by atoms with Gasteiger partial charge in [0.1, 0.15) is 6.04 Å². The molecule has 0 bridgehead atoms. The number of hydrogen-bond acceptors (Lipinski definition) is 4. The molecule has 3 rings (SSSR count). The van der Waals surface area contributed by atoms with Gasteiger partial charge in [-0.25, -0.2) is 9.96 Å². The average Bonchev–Trinajstić information content (AvgIpc) is 2.85. The molecule has 0 saturated carbocycles. The van der Waals surface area contributed by atoms with E-state index in [2.05, 4.69) is 0 Å². The lowest BCUT2D eigenvalue weighted by Gasteiger charge is -2.23. The summed E-state index contributed by atoms with van der Waals surface area (Å²) in [6.07, 6.45) is -0.0871. The second kappa shape index (κ2) is 6.02. The summed E-state index contributed by atoms with van der Waals surface area (Å²) in [5, 5.41) is 11.6. The van der Waals surface area contributed by atoms with Gasteiger partial charge in [-0.1, -0.05) is 35.9 Å². The van der Waals surface area contributed by atoms with Gasteiger partial charge in [-0.05, 0) is 36.8 Å². The number of benzene rings is 2. The lowest BCUT2D eigenvalue weighted by molar-refractivity contribution is -0.121. The maximum Gasteiger partial charge on any atom is 0.259 e. The van der Waals surface area contributed by atoms with Crippen molar-refractivity contribution in [1.29, 1.82) is 0 Å². The molecule has 1 heterocycles. The molecule has 1 aliphatic rings. The first-order valence-electron chi connectivity index (χ1n) is 7.16. The summed E-state index contributed by atoms with van der Waals surface area (Å²) >= 11 is 6.07. The van der Waals surface area contributed by atoms with Crippen LogP contribution in [0.4, 0.5) is 11.4 Å². The molecule has 1 saturated heterocycles. The molecule has 1 N–H and O–H groups in total. The molecule has 0 spiro atoms. The number of rotatable bonds is 3. The highest BCUT2D eigenvalue weighted by Gasteiger charge is 2.43. The van der Waals surface area contributed by atoms with Crippen LogP contribution < -0.4 is 9.96 Å². The largest absolute Gasteiger partial charge is 0.288 e. The first-order chi connectivity index (χ1) is 11.0. The van der Waals surface area contributed by atoms with Gasteiger partial charge in [0.25, 0.3) is 5.91 Å². The molecule has 1 fully saturated rings. The molecule has 0 aliphatic carbocycles. The number of nitrogens with zero attached hydrogens (tertiary/aromatic N) is 2. The van der Waals surface area contributed by atoms with E-state index in [9.17, 15) is 14.8 Å². The summed E-state index contributed by atoms with van der Waals surface area (Å²) in [5.74, 6) is -0.827. The Morgan fingerprint density at radius 3 is 2.52 bits per heavy atom. The van der Waals surface area contributed by atoms with Crippen molar-refractivity contribution in [2.45, 2.75) is 19.4 Å². The molecule has 0 radical (unpaired) electrons. The predicted octanol–water partition coefficient (Wildman–Crippen LogP) is 3.18. The van der Waals surface area contributed by atoms with E-state index in [4.69, 9.17) is 11.6 Å². The Hall–Kier alpha value is -2.37. The number of imide groups is 1. The lowest BCUT2D eigenvalue weighted by Crippen LogP contribution is -2.40. The summed E-state index contributed by atoms with van der Waals surface area (Å²) < 4.78 is 0. The van der Waals surface area contributed by atoms with Crippen LogP contribution in [0, 0.1) is 6.92 Å². The number of carbonyl (C=O) groups is 2. The number of hydrogen-bond donors (Lipinski definition) is 1. The van der Waals surface area contributed by atoms with Gasteiger partial charge in [0.05, 0.1) is 17.8 Å². The maximum absolute atomic E-state index is 12.7. The van der Waals surface area contributed by atoms with Crippen molar-refractivity contribution < 1.29 is 14.8 Å². The van der Waals surface area contributed by atoms with E-state index in [1.54, 1.807) is 55.5 Å². The minimum absolute atomic E-state index is 0.0871. The van der Waals surface area contributed by atoms with Crippen LogP contribution in [0.2, 0.25) is 5.02 Å². The Balaban J connectivity index is 1.93. The monoisotopic (exact) mass is 330 g/mol. The third kappa shape index (κ3) is 2.69. The standard InChI is InChI=1S/C17H15ClN2O3/c1-11-13(18)8-5-9-14(11)19-16(21)10-15(17(19)22)20(23)12-6-3-2-4-7-12/h2-9,15,23H,10H2,1H3/t15-/m1/s1. The van der Waals surface area contributed by atoms with Gasteiger partial charge in [-0.3, -0.25) is 14.8 Å². The van der Waals surface area contributed by atoms with Crippen molar-refractivity contribution in [3.63, 3.8) is 0 Å². The zero-order valence-corrected chi connectivity index (χ0v) is 13.2. The van der Waals surface area contributed by atoms with Gasteiger partial charge in [0.2, 0.25) is 5.91 Å². The van der Waals surface area contributed by atoms with Crippen molar-refractivity contribution in [3.8, 4) is 0 Å². The van der Waals surface area contributed by atoms with Crippen LogP contribution in [-0.2, 0) is 9.59 Å². The van der Waals surface area contributed by atoms with Crippen LogP contribution in [0.5, 0.6) is 0 Å². The fourth-order valence-electron chi connectivity index (χ4n) is 2.66. The minimum Gasteiger partial charge on any atom is -0.288 e. The Morgan fingerprint density at radius 2 is 1.83 bits per heavy atom. The van der Waals surface area contributed by atoms with E-state index in [0.29, 0.717) is 22.0 Å². The van der Waals surface area contributed by atoms with Crippen LogP contribution in [0.1, 0.15) is 12.0 Å². The van der Waals surface area contributed by atoms with Crippen molar-refractivity contribution >= 4 is 34.8 Å². The predicted molar refractivity (Wildman–Crippen MR) is 87.8 cm³/mol. The number of anilines is 2. The summed E-state index contributed by atoms with van der Waals surface area (Å²) in [6, 6.07) is 12.8. The molecule has 23 heavy (non-hydrogen) atoms. The Morgan fingerprint density at radius 1 is 1.13 bits per heavy atom. The molecule has 0 unspecified atom stereocenters. The second-order valence-electron chi connectivity index (χ2n) is 5.35. The van der Waals surface area contributed by atoms with E-state index in [1.807, 2.05) is 0 Å². The Labute approximate surface area is 138 Å². The highest BCUT2D eigenvalue weighted by atomic mass is 35.5. The second-order valence-corrected chi connectivity index (χ2v) is 5.76. The number of halogens is 1. The quantitative estimate of drug-likeness (QED) is 0.693. The lowest BCUT2D eigenvalue weighted by atomic mass is 10.2. The van der Waals surface area contributed by atoms with Gasteiger partial charge < -0.3 is 0 Å². The third-order valence-electron chi connectivity index (χ3n) is 3.92. The highest BCUT2D eigenvalue weighted by molar-refractivity contribution is 6.32. The van der Waals surface area contributed by atoms with Crippen LogP contribution in [0.25, 0.3) is 0 Å². The molecule has 5 nitrogen and oxygen atoms in total. The average molecular weight is 331 g/mol. The van der Waals surface area contributed by atoms with Crippen LogP contribution in [0.3, 0.4) is 0 Å². The molecular formula is C17H15ClN2O3. The third-order valence-corrected chi connectivity index (χ3v) is 4.33. The van der Waals surface area contributed by atoms with Crippen LogP contribution in [0.15, 0.2) is 48.5 Å². The number of para-hydroxylation sites is 1. The first kappa shape index (κ1) is 15.5. The van der Waals surface area contributed by atoms with Crippen molar-refractivity contribution in [2.75, 3.05) is 9.96 Å². The zero-order chi connectivity index (χ0) is 16.6. The van der Waals surface area contributed by atoms with Gasteiger partial charge in [0, 0.05) is 5.02 Å². The molecule has 6 heteroatoms. The molecule has 1 atom stereocenters. The van der Waals surface area contributed by atoms with E-state index in [1.165, 1.54) is 0 Å². The van der Waals surface area contributed by atoms with Gasteiger partial charge >= 0.3 is 0 Å². The number of hydroxylamine groups is 1. The van der Waals surface area contributed by atoms with Crippen LogP contribution >= 0.6 is 11.6 Å². The maximum atomic E-state index is 12.7. The molecule has 1 aliphatic heterocycles.